The largest absolute Gasteiger partial charge is 0.363 e. The third-order valence-electron chi connectivity index (χ3n) is 4.36. The van der Waals surface area contributed by atoms with Gasteiger partial charge in [0.2, 0.25) is 0 Å². The molecule has 23 heavy (non-hydrogen) atoms. The van der Waals surface area contributed by atoms with Gasteiger partial charge in [-0.1, -0.05) is 17.7 Å². The number of benzene rings is 1. The van der Waals surface area contributed by atoms with Gasteiger partial charge in [-0.25, -0.2) is 4.79 Å². The summed E-state index contributed by atoms with van der Waals surface area (Å²) in [4.78, 5) is 24.7. The molecule has 1 aromatic heterocycles. The lowest BCUT2D eigenvalue weighted by Crippen LogP contribution is -2.23. The molecule has 1 aliphatic carbocycles. The summed E-state index contributed by atoms with van der Waals surface area (Å²) in [5.41, 5.74) is 2.34. The molecule has 5 nitrogen and oxygen atoms in total. The first-order valence-corrected chi connectivity index (χ1v) is 8.33. The number of allylic oxidation sites excluding steroid dienone is 2. The maximum absolute atomic E-state index is 12.4. The minimum Gasteiger partial charge on any atom is -0.342 e. The van der Waals surface area contributed by atoms with Crippen molar-refractivity contribution in [1.29, 1.82) is 0 Å². The first-order chi connectivity index (χ1) is 11.0. The van der Waals surface area contributed by atoms with Gasteiger partial charge in [0.1, 0.15) is 0 Å². The van der Waals surface area contributed by atoms with E-state index in [4.69, 9.17) is 16.1 Å². The minimum absolute atomic E-state index is 0.0606. The average Bonchev–Trinajstić information content (AvgIpc) is 3.02. The maximum atomic E-state index is 12.4. The van der Waals surface area contributed by atoms with Gasteiger partial charge in [0, 0.05) is 29.2 Å². The smallest absolute Gasteiger partial charge is 0.342 e. The standard InChI is InChI=1S/C16H12BrClN2O3/c1-20-15-14(16(22)23-20)12(7-2-3-8(17)9(18)6-7)13-10(19-15)4-5-11(13)21/h2-3,6,12,19H,4-5H2,1H3. The number of aromatic nitrogens is 1. The molecule has 0 radical (unpaired) electrons. The van der Waals surface area contributed by atoms with Gasteiger partial charge < -0.3 is 9.84 Å². The number of hydrogen-bond acceptors (Lipinski definition) is 4. The molecule has 1 aliphatic heterocycles. The fraction of sp³-hybridized carbons (Fsp3) is 0.250. The number of aryl methyl sites for hydroxylation is 1. The summed E-state index contributed by atoms with van der Waals surface area (Å²) in [6, 6.07) is 5.48. The van der Waals surface area contributed by atoms with Crippen molar-refractivity contribution in [3.8, 4) is 0 Å². The van der Waals surface area contributed by atoms with Crippen molar-refractivity contribution < 1.29 is 9.32 Å². The van der Waals surface area contributed by atoms with E-state index in [9.17, 15) is 9.59 Å². The molecule has 2 aromatic rings. The highest BCUT2D eigenvalue weighted by atomic mass is 79.9. The summed E-state index contributed by atoms with van der Waals surface area (Å²) >= 11 is 9.58. The van der Waals surface area contributed by atoms with Crippen molar-refractivity contribution in [2.45, 2.75) is 18.8 Å². The number of nitrogens with one attached hydrogen (secondary N) is 1. The van der Waals surface area contributed by atoms with E-state index in [2.05, 4.69) is 21.2 Å². The molecule has 0 saturated carbocycles. The van der Waals surface area contributed by atoms with Gasteiger partial charge in [-0.15, -0.1) is 0 Å². The Morgan fingerprint density at radius 2 is 2.13 bits per heavy atom. The number of hydrogen-bond donors (Lipinski definition) is 1. The van der Waals surface area contributed by atoms with Crippen LogP contribution in [0, 0.1) is 0 Å². The van der Waals surface area contributed by atoms with E-state index in [0.29, 0.717) is 34.8 Å². The molecule has 7 heteroatoms. The Kier molecular flexibility index (Phi) is 3.28. The molecule has 0 spiro atoms. The van der Waals surface area contributed by atoms with E-state index in [1.165, 1.54) is 4.74 Å². The molecule has 1 atom stereocenters. The molecule has 0 amide bonds. The summed E-state index contributed by atoms with van der Waals surface area (Å²) in [5, 5.41) is 3.73. The molecule has 0 bridgehead atoms. The molecule has 1 N–H and O–H groups in total. The van der Waals surface area contributed by atoms with Gasteiger partial charge in [-0.2, -0.15) is 4.74 Å². The fourth-order valence-electron chi connectivity index (χ4n) is 3.34. The third-order valence-corrected chi connectivity index (χ3v) is 5.59. The van der Waals surface area contributed by atoms with Crippen LogP contribution < -0.4 is 10.9 Å². The van der Waals surface area contributed by atoms with E-state index >= 15 is 0 Å². The predicted octanol–water partition coefficient (Wildman–Crippen LogP) is 3.57. The molecule has 1 unspecified atom stereocenters. The molecule has 0 saturated heterocycles. The van der Waals surface area contributed by atoms with Gasteiger partial charge in [0.15, 0.2) is 11.6 Å². The van der Waals surface area contributed by atoms with E-state index < -0.39 is 11.5 Å². The zero-order chi connectivity index (χ0) is 16.3. The Labute approximate surface area is 145 Å². The van der Waals surface area contributed by atoms with E-state index in [1.807, 2.05) is 12.1 Å². The second-order valence-corrected chi connectivity index (χ2v) is 6.95. The highest BCUT2D eigenvalue weighted by molar-refractivity contribution is 9.10. The van der Waals surface area contributed by atoms with Crippen LogP contribution >= 0.6 is 27.5 Å². The first kappa shape index (κ1) is 14.8. The number of rotatable bonds is 1. The Bertz CT molecular complexity index is 941. The maximum Gasteiger partial charge on any atom is 0.363 e. The predicted molar refractivity (Wildman–Crippen MR) is 89.8 cm³/mol. The fourth-order valence-corrected chi connectivity index (χ4v) is 3.78. The molecule has 2 heterocycles. The van der Waals surface area contributed by atoms with E-state index in [-0.39, 0.29) is 5.78 Å². The number of ketones is 1. The summed E-state index contributed by atoms with van der Waals surface area (Å²) in [5.74, 6) is 0.220. The van der Waals surface area contributed by atoms with Crippen molar-refractivity contribution in [2.24, 2.45) is 7.05 Å². The minimum atomic E-state index is -0.445. The molecule has 0 fully saturated rings. The number of Topliss-reactive ketones (excluding diaryl/α,β-unsaturated/α-hetero) is 1. The van der Waals surface area contributed by atoms with Gasteiger partial charge in [0.05, 0.1) is 16.5 Å². The third kappa shape index (κ3) is 2.12. The highest BCUT2D eigenvalue weighted by Crippen LogP contribution is 2.45. The van der Waals surface area contributed by atoms with Crippen molar-refractivity contribution >= 4 is 39.1 Å². The summed E-state index contributed by atoms with van der Waals surface area (Å²) < 4.78 is 7.37. The Balaban J connectivity index is 2.00. The number of halogens is 2. The highest BCUT2D eigenvalue weighted by Gasteiger charge is 2.40. The van der Waals surface area contributed by atoms with Gasteiger partial charge >= 0.3 is 5.63 Å². The number of carbonyl (C=O) groups is 1. The topological polar surface area (TPSA) is 64.2 Å². The van der Waals surface area contributed by atoms with Crippen molar-refractivity contribution in [2.75, 3.05) is 5.32 Å². The Morgan fingerprint density at radius 3 is 2.87 bits per heavy atom. The average molecular weight is 396 g/mol. The monoisotopic (exact) mass is 394 g/mol. The second kappa shape index (κ2) is 5.11. The number of anilines is 1. The van der Waals surface area contributed by atoms with Crippen molar-refractivity contribution in [3.05, 3.63) is 60.5 Å². The van der Waals surface area contributed by atoms with Crippen LogP contribution in [0.3, 0.4) is 0 Å². The lowest BCUT2D eigenvalue weighted by molar-refractivity contribution is -0.115. The Morgan fingerprint density at radius 1 is 1.35 bits per heavy atom. The van der Waals surface area contributed by atoms with Crippen LogP contribution in [0.2, 0.25) is 5.02 Å². The molecular weight excluding hydrogens is 384 g/mol. The number of fused-ring (bicyclic) bond motifs is 1. The van der Waals surface area contributed by atoms with Crippen LogP contribution in [0.15, 0.2) is 43.3 Å². The van der Waals surface area contributed by atoms with Crippen LogP contribution in [0.4, 0.5) is 5.82 Å². The summed E-state index contributed by atoms with van der Waals surface area (Å²) in [7, 11) is 1.67. The summed E-state index contributed by atoms with van der Waals surface area (Å²) in [6.07, 6.45) is 1.10. The first-order valence-electron chi connectivity index (χ1n) is 7.15. The van der Waals surface area contributed by atoms with Gasteiger partial charge in [-0.3, -0.25) is 4.79 Å². The SMILES string of the molecule is Cn1oc(=O)c2c1NC1=C(C(=O)CC1)C2c1ccc(Br)c(Cl)c1. The molecular formula is C16H12BrClN2O3. The van der Waals surface area contributed by atoms with Gasteiger partial charge in [0.25, 0.3) is 0 Å². The van der Waals surface area contributed by atoms with Crippen LogP contribution in [0.1, 0.15) is 29.9 Å². The second-order valence-electron chi connectivity index (χ2n) is 5.69. The van der Waals surface area contributed by atoms with Crippen LogP contribution in [-0.2, 0) is 11.8 Å². The zero-order valence-corrected chi connectivity index (χ0v) is 14.5. The van der Waals surface area contributed by atoms with Crippen LogP contribution in [-0.4, -0.2) is 10.5 Å². The van der Waals surface area contributed by atoms with Crippen LogP contribution in [0.5, 0.6) is 0 Å². The zero-order valence-electron chi connectivity index (χ0n) is 12.2. The molecule has 118 valence electrons. The van der Waals surface area contributed by atoms with E-state index in [0.717, 1.165) is 15.7 Å². The molecule has 2 aliphatic rings. The number of nitrogens with zero attached hydrogens (tertiary/aromatic N) is 1. The normalized spacial score (nSPS) is 19.6. The molecule has 4 rings (SSSR count). The number of carbonyl (C=O) groups excluding carboxylic acids is 1. The van der Waals surface area contributed by atoms with Crippen molar-refractivity contribution in [3.63, 3.8) is 0 Å². The quantitative estimate of drug-likeness (QED) is 0.802. The molecule has 1 aromatic carbocycles. The van der Waals surface area contributed by atoms with Gasteiger partial charge in [-0.05, 0) is 40.0 Å². The van der Waals surface area contributed by atoms with Crippen molar-refractivity contribution in [1.82, 2.24) is 4.74 Å². The summed E-state index contributed by atoms with van der Waals surface area (Å²) in [6.45, 7) is 0. The lowest BCUT2D eigenvalue weighted by Gasteiger charge is -2.25. The Hall–Kier alpha value is -1.79. The lowest BCUT2D eigenvalue weighted by atomic mass is 9.82. The van der Waals surface area contributed by atoms with Crippen LogP contribution in [0.25, 0.3) is 0 Å². The van der Waals surface area contributed by atoms with E-state index in [1.54, 1.807) is 13.1 Å².